The fraction of sp³-hybridized carbons (Fsp3) is 0.345. The molecule has 0 bridgehead atoms. The van der Waals surface area contributed by atoms with Crippen LogP contribution < -0.4 is 11.1 Å². The number of likely N-dealkylation sites (N-methyl/N-ethyl adjacent to an activating group) is 1. The smallest absolute Gasteiger partial charge is 0.419 e. The highest BCUT2D eigenvalue weighted by Gasteiger charge is 2.28. The van der Waals surface area contributed by atoms with Gasteiger partial charge < -0.3 is 19.2 Å². The second kappa shape index (κ2) is 9.33. The van der Waals surface area contributed by atoms with E-state index in [1.807, 2.05) is 13.8 Å². The van der Waals surface area contributed by atoms with Crippen molar-refractivity contribution in [2.75, 3.05) is 19.6 Å². The number of carbonyl (C=O) groups excluding carboxylic acids is 1. The molecule has 2 aromatic heterocycles. The van der Waals surface area contributed by atoms with Crippen LogP contribution in [0, 0.1) is 0 Å². The molecule has 0 aliphatic carbocycles. The third-order valence-corrected chi connectivity index (χ3v) is 6.79. The topological polar surface area (TPSA) is 107 Å². The summed E-state index contributed by atoms with van der Waals surface area (Å²) in [7, 11) is 0. The van der Waals surface area contributed by atoms with Crippen molar-refractivity contribution >= 4 is 49.8 Å². The number of nitrogens with zero attached hydrogens (tertiary/aromatic N) is 3. The summed E-state index contributed by atoms with van der Waals surface area (Å²) in [5.41, 5.74) is -0.539. The van der Waals surface area contributed by atoms with E-state index in [9.17, 15) is 19.5 Å². The first kappa shape index (κ1) is 25.5. The molecule has 1 N–H and O–H groups in total. The summed E-state index contributed by atoms with van der Waals surface area (Å²) in [6.07, 6.45) is -0.654. The van der Waals surface area contributed by atoms with Crippen LogP contribution in [0.15, 0.2) is 56.5 Å². The second-order valence-corrected chi connectivity index (χ2v) is 10.3. The van der Waals surface area contributed by atoms with Crippen LogP contribution in [0.3, 0.4) is 0 Å². The number of fused-ring (bicyclic) bond motifs is 7. The van der Waals surface area contributed by atoms with Crippen LogP contribution >= 0.6 is 0 Å². The lowest BCUT2D eigenvalue weighted by Gasteiger charge is -2.22. The highest BCUT2D eigenvalue weighted by molar-refractivity contribution is 6.24. The van der Waals surface area contributed by atoms with E-state index in [0.29, 0.717) is 33.9 Å². The first-order chi connectivity index (χ1) is 18.1. The minimum Gasteiger partial charge on any atom is -0.508 e. The Labute approximate surface area is 218 Å². The average molecular weight is 518 g/mol. The summed E-state index contributed by atoms with van der Waals surface area (Å²) < 4.78 is 14.6. The van der Waals surface area contributed by atoms with Crippen LogP contribution in [0.2, 0.25) is 0 Å². The number of aromatic hydroxyl groups is 1. The number of para-hydroxylation sites is 2. The van der Waals surface area contributed by atoms with Crippen molar-refractivity contribution in [2.24, 2.45) is 0 Å². The summed E-state index contributed by atoms with van der Waals surface area (Å²) in [6.45, 7) is 11.7. The zero-order chi connectivity index (χ0) is 27.4. The number of phenols is 1. The third-order valence-electron chi connectivity index (χ3n) is 6.79. The summed E-state index contributed by atoms with van der Waals surface area (Å²) in [5, 5.41) is 11.4. The Morgan fingerprint density at radius 3 is 2.37 bits per heavy atom. The molecule has 0 aliphatic rings. The Hall–Kier alpha value is -4.11. The van der Waals surface area contributed by atoms with E-state index in [-0.39, 0.29) is 28.6 Å². The number of carbonyl (C=O) groups is 1. The fourth-order valence-corrected chi connectivity index (χ4v) is 4.98. The van der Waals surface area contributed by atoms with Crippen molar-refractivity contribution in [3.8, 4) is 5.75 Å². The molecule has 0 fully saturated rings. The molecule has 198 valence electrons. The van der Waals surface area contributed by atoms with Crippen LogP contribution in [-0.4, -0.2) is 50.5 Å². The first-order valence-electron chi connectivity index (χ1n) is 12.8. The summed E-state index contributed by atoms with van der Waals surface area (Å²) >= 11 is 0. The van der Waals surface area contributed by atoms with Crippen LogP contribution in [-0.2, 0) is 11.3 Å². The van der Waals surface area contributed by atoms with Gasteiger partial charge in [-0.1, -0.05) is 26.0 Å². The first-order valence-corrected chi connectivity index (χ1v) is 12.8. The standard InChI is InChI=1S/C29H31N3O6/c1-6-30(7-2)14-15-31-26(34)22-19-16-17(33)12-13-18(19)24-25(23(22)27(31)35)37-21-11-9-8-10-20(21)32(24)28(36)38-29(3,4)5/h8-13,16,33H,6-7,14-15H2,1-5H3. The molecule has 0 unspecified atom stereocenters. The van der Waals surface area contributed by atoms with Gasteiger partial charge in [0.05, 0.1) is 16.3 Å². The zero-order valence-corrected chi connectivity index (χ0v) is 22.2. The fourth-order valence-electron chi connectivity index (χ4n) is 4.98. The van der Waals surface area contributed by atoms with Gasteiger partial charge in [0.2, 0.25) is 0 Å². The van der Waals surface area contributed by atoms with Gasteiger partial charge in [0.25, 0.3) is 11.1 Å². The predicted octanol–water partition coefficient (Wildman–Crippen LogP) is 5.05. The number of aromatic nitrogens is 2. The zero-order valence-electron chi connectivity index (χ0n) is 22.2. The Morgan fingerprint density at radius 1 is 1.00 bits per heavy atom. The average Bonchev–Trinajstić information content (AvgIpc) is 3.12. The van der Waals surface area contributed by atoms with Crippen LogP contribution in [0.5, 0.6) is 5.75 Å². The molecule has 38 heavy (non-hydrogen) atoms. The molecular weight excluding hydrogens is 486 g/mol. The molecule has 0 atom stereocenters. The van der Waals surface area contributed by atoms with E-state index >= 15 is 0 Å². The molecule has 0 aliphatic heterocycles. The number of phenolic OH excluding ortho intramolecular Hbond substituents is 1. The number of hydrogen-bond acceptors (Lipinski definition) is 7. The molecule has 2 heterocycles. The SMILES string of the molecule is CCN(CC)CCn1c(=O)c2c3cc(O)ccc3c3c(oc4ccccc4n3C(=O)OC(C)(C)C)c2c1=O. The van der Waals surface area contributed by atoms with Gasteiger partial charge >= 0.3 is 6.09 Å². The van der Waals surface area contributed by atoms with Crippen molar-refractivity contribution in [1.82, 2.24) is 14.0 Å². The maximum absolute atomic E-state index is 13.8. The van der Waals surface area contributed by atoms with Crippen molar-refractivity contribution in [2.45, 2.75) is 46.8 Å². The number of hydrogen-bond donors (Lipinski definition) is 1. The normalized spacial score (nSPS) is 12.4. The maximum atomic E-state index is 13.8. The van der Waals surface area contributed by atoms with Crippen molar-refractivity contribution < 1.29 is 19.1 Å². The van der Waals surface area contributed by atoms with E-state index in [0.717, 1.165) is 13.1 Å². The van der Waals surface area contributed by atoms with Gasteiger partial charge in [0, 0.05) is 23.9 Å². The lowest BCUT2D eigenvalue weighted by atomic mass is 10.0. The third kappa shape index (κ3) is 4.12. The van der Waals surface area contributed by atoms with E-state index in [4.69, 9.17) is 9.15 Å². The van der Waals surface area contributed by atoms with Crippen LogP contribution in [0.1, 0.15) is 34.6 Å². The summed E-state index contributed by atoms with van der Waals surface area (Å²) in [4.78, 5) is 43.3. The molecular formula is C29H31N3O6. The monoisotopic (exact) mass is 517 g/mol. The maximum Gasteiger partial charge on any atom is 0.419 e. The molecule has 0 saturated carbocycles. The summed E-state index contributed by atoms with van der Waals surface area (Å²) in [6, 6.07) is 11.5. The Balaban J connectivity index is 1.98. The quantitative estimate of drug-likeness (QED) is 0.257. The number of benzene rings is 3. The lowest BCUT2D eigenvalue weighted by Crippen LogP contribution is -2.33. The Kier molecular flexibility index (Phi) is 6.27. The van der Waals surface area contributed by atoms with Crippen LogP contribution in [0.25, 0.3) is 43.7 Å². The highest BCUT2D eigenvalue weighted by Crippen LogP contribution is 2.37. The number of rotatable bonds is 5. The minimum absolute atomic E-state index is 0.0672. The molecule has 0 saturated heterocycles. The van der Waals surface area contributed by atoms with E-state index in [2.05, 4.69) is 4.90 Å². The molecule has 9 nitrogen and oxygen atoms in total. The second-order valence-electron chi connectivity index (χ2n) is 10.3. The van der Waals surface area contributed by atoms with Gasteiger partial charge in [-0.2, -0.15) is 0 Å². The summed E-state index contributed by atoms with van der Waals surface area (Å²) in [5.74, 6) is -0.0672. The predicted molar refractivity (Wildman–Crippen MR) is 148 cm³/mol. The van der Waals surface area contributed by atoms with Gasteiger partial charge in [0.15, 0.2) is 11.2 Å². The minimum atomic E-state index is -0.789. The molecule has 3 aromatic carbocycles. The molecule has 0 amide bonds. The number of ether oxygens (including phenoxy) is 1. The van der Waals surface area contributed by atoms with Crippen LogP contribution in [0.4, 0.5) is 4.79 Å². The van der Waals surface area contributed by atoms with Gasteiger partial charge in [-0.25, -0.2) is 9.36 Å². The highest BCUT2D eigenvalue weighted by atomic mass is 16.6. The van der Waals surface area contributed by atoms with Crippen molar-refractivity contribution in [3.05, 3.63) is 63.2 Å². The molecule has 0 spiro atoms. The molecule has 5 rings (SSSR count). The van der Waals surface area contributed by atoms with E-state index in [1.54, 1.807) is 51.1 Å². The van der Waals surface area contributed by atoms with E-state index < -0.39 is 22.8 Å². The van der Waals surface area contributed by atoms with Gasteiger partial charge in [-0.05, 0) is 64.2 Å². The van der Waals surface area contributed by atoms with Crippen molar-refractivity contribution in [3.63, 3.8) is 0 Å². The Bertz CT molecular complexity index is 1830. The van der Waals surface area contributed by atoms with Gasteiger partial charge in [-0.3, -0.25) is 14.2 Å². The molecule has 5 aromatic rings. The van der Waals surface area contributed by atoms with Crippen molar-refractivity contribution in [1.29, 1.82) is 0 Å². The molecule has 9 heteroatoms. The lowest BCUT2D eigenvalue weighted by molar-refractivity contribution is 0.0550. The van der Waals surface area contributed by atoms with Gasteiger partial charge in [-0.15, -0.1) is 0 Å². The molecule has 0 radical (unpaired) electrons. The Morgan fingerprint density at radius 2 is 1.68 bits per heavy atom. The van der Waals surface area contributed by atoms with E-state index in [1.165, 1.54) is 21.3 Å². The largest absolute Gasteiger partial charge is 0.508 e. The van der Waals surface area contributed by atoms with Gasteiger partial charge in [0.1, 0.15) is 16.9 Å².